The minimum absolute atomic E-state index is 0.365. The topological polar surface area (TPSA) is 36.1 Å². The summed E-state index contributed by atoms with van der Waals surface area (Å²) in [4.78, 5) is 7.89. The molecule has 624 valence electrons. The lowest BCUT2D eigenvalue weighted by Crippen LogP contribution is -2.32. The first kappa shape index (κ1) is 78.4. The molecule has 133 heavy (non-hydrogen) atoms. The molecule has 0 atom stereocenters. The third-order valence-electron chi connectivity index (χ3n) is 28.3. The summed E-state index contributed by atoms with van der Waals surface area (Å²) in [5.41, 5.74) is 37.1. The zero-order valence-corrected chi connectivity index (χ0v) is 74.9. The molecular weight excluding hydrogens is 1660 g/mol. The van der Waals surface area contributed by atoms with Crippen LogP contribution in [0.15, 0.2) is 515 Å². The number of nitrogens with one attached hydrogen (secondary N) is 3. The predicted molar refractivity (Wildman–Crippen MR) is 559 cm³/mol. The average Bonchev–Trinajstić information content (AvgIpc) is 1.55. The maximum Gasteiger partial charge on any atom is 0.0736 e. The maximum absolute atomic E-state index is 3.84. The van der Waals surface area contributed by atoms with Crippen molar-refractivity contribution in [3.8, 4) is 66.8 Å². The Kier molecular flexibility index (Phi) is 18.8. The fourth-order valence-electron chi connectivity index (χ4n) is 22.7. The summed E-state index contributed by atoms with van der Waals surface area (Å²) in [5.74, 6) is 0. The highest BCUT2D eigenvalue weighted by molar-refractivity contribution is 8.00. The third kappa shape index (κ3) is 12.6. The van der Waals surface area contributed by atoms with Gasteiger partial charge in [-0.05, 0) is 286 Å². The fraction of sp³-hybridized carbons (Fsp3) is 0.0236. The van der Waals surface area contributed by atoms with Gasteiger partial charge in [0.15, 0.2) is 0 Å². The summed E-state index contributed by atoms with van der Waals surface area (Å²) in [6.45, 7) is 0. The summed E-state index contributed by atoms with van der Waals surface area (Å²) in [5, 5.41) is 21.3. The van der Waals surface area contributed by atoms with Crippen molar-refractivity contribution in [1.29, 1.82) is 0 Å². The summed E-state index contributed by atoms with van der Waals surface area (Å²) in [7, 11) is 0. The summed E-state index contributed by atoms with van der Waals surface area (Å²) >= 11 is 5.65. The molecule has 3 aliphatic heterocycles. The molecule has 0 saturated heterocycles. The highest BCUT2D eigenvalue weighted by Crippen LogP contribution is 2.67. The molecule has 28 rings (SSSR count). The highest BCUT2D eigenvalue weighted by atomic mass is 32.2. The van der Waals surface area contributed by atoms with Gasteiger partial charge in [-0.2, -0.15) is 0 Å². The van der Waals surface area contributed by atoms with Crippen LogP contribution in [-0.4, -0.2) is 0 Å². The van der Waals surface area contributed by atoms with E-state index in [1.165, 1.54) is 206 Å². The molecule has 22 aromatic rings. The molecule has 6 heteroatoms. The van der Waals surface area contributed by atoms with E-state index >= 15 is 0 Å². The number of hydrogen-bond acceptors (Lipinski definition) is 6. The summed E-state index contributed by atoms with van der Waals surface area (Å²) < 4.78 is 0. The van der Waals surface area contributed by atoms with E-state index in [0.29, 0.717) is 0 Å². The Bertz CT molecular complexity index is 8370. The van der Waals surface area contributed by atoms with Crippen molar-refractivity contribution < 1.29 is 0 Å². The zero-order chi connectivity index (χ0) is 87.7. The van der Waals surface area contributed by atoms with Gasteiger partial charge in [0, 0.05) is 68.9 Å². The molecule has 3 nitrogen and oxygen atoms in total. The smallest absolute Gasteiger partial charge is 0.0736 e. The van der Waals surface area contributed by atoms with E-state index in [1.807, 2.05) is 35.3 Å². The minimum atomic E-state index is -0.375. The van der Waals surface area contributed by atoms with Crippen molar-refractivity contribution in [2.24, 2.45) is 0 Å². The molecule has 3 aliphatic carbocycles. The lowest BCUT2D eigenvalue weighted by atomic mass is 9.67. The van der Waals surface area contributed by atoms with Crippen molar-refractivity contribution >= 4 is 112 Å². The molecule has 3 spiro atoms. The SMILES string of the molecule is c1ccc(-c2ccc3ccc(Nc4ccc5c(c4)C4(c6ccccc6S5)c5ccccc5-c5ccccc54)cc3c2)cc1.c1ccc(-c2cccc3c(Nc4ccc5c(c4)C4(c6ccccc6S5)c5ccccc5-c5ccccc54)cccc23)cc1.c1ccc2c(c1)Sc1ccc(Nc3ccc4c(-c5ccc6ccccc6c5)cccc4c3)cc1C21c2ccccc2-c2ccccc21. The van der Waals surface area contributed by atoms with Crippen LogP contribution in [0.5, 0.6) is 0 Å². The van der Waals surface area contributed by atoms with Gasteiger partial charge in [-0.1, -0.05) is 405 Å². The number of fused-ring (bicyclic) bond motifs is 31. The van der Waals surface area contributed by atoms with Crippen LogP contribution < -0.4 is 16.0 Å². The van der Waals surface area contributed by atoms with Crippen molar-refractivity contribution in [3.63, 3.8) is 0 Å². The maximum atomic E-state index is 3.84. The summed E-state index contributed by atoms with van der Waals surface area (Å²) in [6, 6.07) is 178. The van der Waals surface area contributed by atoms with Crippen LogP contribution in [-0.2, 0) is 16.2 Å². The van der Waals surface area contributed by atoms with Crippen LogP contribution in [0.25, 0.3) is 110 Å². The summed E-state index contributed by atoms with van der Waals surface area (Å²) in [6.07, 6.45) is 0. The van der Waals surface area contributed by atoms with E-state index in [0.717, 1.165) is 34.1 Å². The molecule has 0 aromatic heterocycles. The molecule has 0 fully saturated rings. The Morgan fingerprint density at radius 3 is 0.932 bits per heavy atom. The Balaban J connectivity index is 0.000000104. The van der Waals surface area contributed by atoms with Crippen LogP contribution >= 0.6 is 35.3 Å². The van der Waals surface area contributed by atoms with E-state index in [9.17, 15) is 0 Å². The van der Waals surface area contributed by atoms with E-state index in [-0.39, 0.29) is 16.2 Å². The lowest BCUT2D eigenvalue weighted by Gasteiger charge is -2.40. The Morgan fingerprint density at radius 2 is 0.451 bits per heavy atom. The second kappa shape index (κ2) is 31.9. The van der Waals surface area contributed by atoms with E-state index in [4.69, 9.17) is 0 Å². The fourth-order valence-corrected chi connectivity index (χ4v) is 26.2. The standard InChI is InChI=1S/C45H29NS.2C41H27NS/c1-2-11-30-26-32(21-20-29(30)10-1)35-15-9-12-31-27-33(22-24-36(31)35)46-34-23-25-44-42(28-34)45(41-18-7-8-19-43(41)47-44)39-16-5-3-13-37(39)38-14-4-6-17-40(38)45;1-2-12-27(13-3-1)29-16-10-18-33-30(29)17-11-22-38(33)42-28-24-25-40-37(26-28)41(36-21-8-9-23-39(36)43-40)34-19-6-4-14-31(34)32-15-5-7-20-35(32)41;1-2-10-27(11-3-1)29-19-18-28-20-21-31(25-30(28)24-29)42-32-22-23-40-38(26-32)41(37-16-8-9-17-39(37)43-40)35-14-6-4-12-33(35)34-13-5-7-15-36(34)41/h1-28,46H;2*1-26,42H. The van der Waals surface area contributed by atoms with E-state index in [1.54, 1.807) is 0 Å². The van der Waals surface area contributed by atoms with Crippen molar-refractivity contribution in [2.45, 2.75) is 45.6 Å². The van der Waals surface area contributed by atoms with Crippen LogP contribution in [0.3, 0.4) is 0 Å². The van der Waals surface area contributed by atoms with Gasteiger partial charge in [0.05, 0.1) is 16.2 Å². The Hall–Kier alpha value is -15.7. The second-order valence-corrected chi connectivity index (χ2v) is 38.6. The van der Waals surface area contributed by atoms with Crippen LogP contribution in [0.1, 0.15) is 66.8 Å². The monoisotopic (exact) mass is 1750 g/mol. The van der Waals surface area contributed by atoms with Gasteiger partial charge in [-0.3, -0.25) is 0 Å². The molecule has 3 N–H and O–H groups in total. The first-order valence-corrected chi connectivity index (χ1v) is 48.2. The molecule has 22 aromatic carbocycles. The van der Waals surface area contributed by atoms with Crippen LogP contribution in [0.2, 0.25) is 0 Å². The third-order valence-corrected chi connectivity index (χ3v) is 31.7. The normalized spacial score (nSPS) is 13.7. The molecule has 0 saturated carbocycles. The molecule has 0 radical (unpaired) electrons. The number of benzene rings is 22. The quantitative estimate of drug-likeness (QED) is 0.134. The predicted octanol–water partition coefficient (Wildman–Crippen LogP) is 34.4. The van der Waals surface area contributed by atoms with Gasteiger partial charge in [0.25, 0.3) is 0 Å². The Labute approximate surface area is 786 Å². The van der Waals surface area contributed by atoms with Gasteiger partial charge < -0.3 is 16.0 Å². The largest absolute Gasteiger partial charge is 0.355 e. The number of rotatable bonds is 9. The van der Waals surface area contributed by atoms with Gasteiger partial charge in [-0.15, -0.1) is 0 Å². The minimum Gasteiger partial charge on any atom is -0.355 e. The van der Waals surface area contributed by atoms with Gasteiger partial charge >= 0.3 is 0 Å². The lowest BCUT2D eigenvalue weighted by molar-refractivity contribution is 0.723. The van der Waals surface area contributed by atoms with Gasteiger partial charge in [-0.25, -0.2) is 0 Å². The number of anilines is 6. The van der Waals surface area contributed by atoms with E-state index < -0.39 is 0 Å². The van der Waals surface area contributed by atoms with Gasteiger partial charge in [0.2, 0.25) is 0 Å². The van der Waals surface area contributed by atoms with Crippen LogP contribution in [0.4, 0.5) is 34.1 Å². The molecule has 6 aliphatic rings. The molecule has 0 amide bonds. The molecule has 3 heterocycles. The van der Waals surface area contributed by atoms with Crippen LogP contribution in [0, 0.1) is 0 Å². The zero-order valence-electron chi connectivity index (χ0n) is 72.4. The second-order valence-electron chi connectivity index (χ2n) is 35.3. The first-order valence-electron chi connectivity index (χ1n) is 45.7. The molecule has 0 unspecified atom stereocenters. The van der Waals surface area contributed by atoms with Crippen molar-refractivity contribution in [2.75, 3.05) is 16.0 Å². The molecular formula is C127H83N3S3. The van der Waals surface area contributed by atoms with Crippen molar-refractivity contribution in [1.82, 2.24) is 0 Å². The first-order chi connectivity index (χ1) is 65.9. The number of hydrogen-bond donors (Lipinski definition) is 3. The average molecular weight is 1750 g/mol. The molecule has 0 bridgehead atoms. The van der Waals surface area contributed by atoms with Crippen molar-refractivity contribution in [3.05, 3.63) is 552 Å². The van der Waals surface area contributed by atoms with E-state index in [2.05, 4.69) is 501 Å². The highest BCUT2D eigenvalue weighted by Gasteiger charge is 2.54. The van der Waals surface area contributed by atoms with Gasteiger partial charge in [0.1, 0.15) is 0 Å². The Morgan fingerprint density at radius 1 is 0.143 bits per heavy atom.